The second-order valence-corrected chi connectivity index (χ2v) is 5.70. The Morgan fingerprint density at radius 1 is 1.30 bits per heavy atom. The van der Waals surface area contributed by atoms with Gasteiger partial charge in [0.2, 0.25) is 0 Å². The van der Waals surface area contributed by atoms with Gasteiger partial charge in [0, 0.05) is 32.1 Å². The lowest BCUT2D eigenvalue weighted by Gasteiger charge is -2.38. The number of nitrogens with zero attached hydrogens (tertiary/aromatic N) is 2. The number of aliphatic hydroxyl groups excluding tert-OH is 1. The Labute approximate surface area is 118 Å². The summed E-state index contributed by atoms with van der Waals surface area (Å²) in [5.74, 6) is -1.70. The highest BCUT2D eigenvalue weighted by Crippen LogP contribution is 2.17. The average molecular weight is 284 g/mol. The van der Waals surface area contributed by atoms with Crippen LogP contribution in [0.25, 0.3) is 0 Å². The maximum atomic E-state index is 13.6. The van der Waals surface area contributed by atoms with Crippen molar-refractivity contribution in [2.24, 2.45) is 0 Å². The first-order valence-corrected chi connectivity index (χ1v) is 6.97. The molecule has 0 aliphatic carbocycles. The van der Waals surface area contributed by atoms with E-state index in [0.717, 1.165) is 25.7 Å². The standard InChI is InChI=1S/C15H22F2N2O/c1-18-6-7-19(2)12(10-18)9-13(20)8-11-4-3-5-14(16)15(11)17/h3-5,12-13,20H,6-10H2,1-2H3. The van der Waals surface area contributed by atoms with E-state index in [0.29, 0.717) is 6.42 Å². The summed E-state index contributed by atoms with van der Waals surface area (Å²) in [5.41, 5.74) is 0.240. The second-order valence-electron chi connectivity index (χ2n) is 5.70. The monoisotopic (exact) mass is 284 g/mol. The van der Waals surface area contributed by atoms with Gasteiger partial charge in [-0.05, 0) is 32.1 Å². The topological polar surface area (TPSA) is 26.7 Å². The van der Waals surface area contributed by atoms with Crippen LogP contribution in [0.3, 0.4) is 0 Å². The van der Waals surface area contributed by atoms with Gasteiger partial charge in [-0.3, -0.25) is 0 Å². The Kier molecular flexibility index (Phi) is 5.07. The Hall–Kier alpha value is -1.04. The zero-order valence-corrected chi connectivity index (χ0v) is 12.0. The first kappa shape index (κ1) is 15.4. The lowest BCUT2D eigenvalue weighted by atomic mass is 9.99. The van der Waals surface area contributed by atoms with Crippen LogP contribution in [-0.2, 0) is 6.42 Å². The van der Waals surface area contributed by atoms with Crippen LogP contribution in [0.2, 0.25) is 0 Å². The van der Waals surface area contributed by atoms with Crippen molar-refractivity contribution in [1.82, 2.24) is 9.80 Å². The van der Waals surface area contributed by atoms with Gasteiger partial charge >= 0.3 is 0 Å². The third kappa shape index (κ3) is 3.75. The quantitative estimate of drug-likeness (QED) is 0.908. The van der Waals surface area contributed by atoms with E-state index >= 15 is 0 Å². The summed E-state index contributed by atoms with van der Waals surface area (Å²) in [4.78, 5) is 4.44. The molecule has 0 saturated carbocycles. The fraction of sp³-hybridized carbons (Fsp3) is 0.600. The van der Waals surface area contributed by atoms with Gasteiger partial charge in [-0.2, -0.15) is 0 Å². The van der Waals surface area contributed by atoms with E-state index in [2.05, 4.69) is 16.8 Å². The van der Waals surface area contributed by atoms with E-state index in [4.69, 9.17) is 0 Å². The van der Waals surface area contributed by atoms with Crippen molar-refractivity contribution < 1.29 is 13.9 Å². The van der Waals surface area contributed by atoms with Gasteiger partial charge in [-0.1, -0.05) is 12.1 Å². The van der Waals surface area contributed by atoms with E-state index in [-0.39, 0.29) is 18.0 Å². The van der Waals surface area contributed by atoms with Gasteiger partial charge in [0.1, 0.15) is 0 Å². The number of hydrogen-bond donors (Lipinski definition) is 1. The van der Waals surface area contributed by atoms with Crippen LogP contribution in [-0.4, -0.2) is 60.8 Å². The number of halogens is 2. The average Bonchev–Trinajstić information content (AvgIpc) is 2.39. The molecule has 2 unspecified atom stereocenters. The summed E-state index contributed by atoms with van der Waals surface area (Å²) in [6.45, 7) is 2.86. The van der Waals surface area contributed by atoms with Crippen molar-refractivity contribution in [2.45, 2.75) is 25.0 Å². The van der Waals surface area contributed by atoms with E-state index in [1.807, 2.05) is 7.05 Å². The zero-order valence-electron chi connectivity index (χ0n) is 12.0. The first-order chi connectivity index (χ1) is 9.47. The van der Waals surface area contributed by atoms with E-state index in [9.17, 15) is 13.9 Å². The van der Waals surface area contributed by atoms with Gasteiger partial charge in [0.05, 0.1) is 6.10 Å². The summed E-state index contributed by atoms with van der Waals surface area (Å²) in [6.07, 6.45) is 0.0549. The normalized spacial score (nSPS) is 22.9. The van der Waals surface area contributed by atoms with Crippen molar-refractivity contribution in [3.8, 4) is 0 Å². The molecule has 1 aliphatic heterocycles. The highest BCUT2D eigenvalue weighted by Gasteiger charge is 2.25. The molecule has 0 aromatic heterocycles. The van der Waals surface area contributed by atoms with Crippen molar-refractivity contribution in [1.29, 1.82) is 0 Å². The Balaban J connectivity index is 1.94. The molecule has 1 aliphatic rings. The molecule has 0 radical (unpaired) electrons. The van der Waals surface area contributed by atoms with Crippen molar-refractivity contribution in [3.05, 3.63) is 35.4 Å². The Morgan fingerprint density at radius 3 is 2.80 bits per heavy atom. The Bertz CT molecular complexity index is 455. The molecule has 0 spiro atoms. The fourth-order valence-corrected chi connectivity index (χ4v) is 2.71. The summed E-state index contributed by atoms with van der Waals surface area (Å²) < 4.78 is 26.7. The number of aliphatic hydroxyl groups is 1. The third-order valence-corrected chi connectivity index (χ3v) is 4.01. The fourth-order valence-electron chi connectivity index (χ4n) is 2.71. The molecule has 5 heteroatoms. The smallest absolute Gasteiger partial charge is 0.162 e. The number of rotatable bonds is 4. The highest BCUT2D eigenvalue weighted by atomic mass is 19.2. The molecule has 0 bridgehead atoms. The predicted molar refractivity (Wildman–Crippen MR) is 74.6 cm³/mol. The molecule has 20 heavy (non-hydrogen) atoms. The number of piperazine rings is 1. The second kappa shape index (κ2) is 6.61. The molecule has 2 rings (SSSR count). The lowest BCUT2D eigenvalue weighted by Crippen LogP contribution is -2.51. The first-order valence-electron chi connectivity index (χ1n) is 6.97. The summed E-state index contributed by atoms with van der Waals surface area (Å²) >= 11 is 0. The number of hydrogen-bond acceptors (Lipinski definition) is 3. The summed E-state index contributed by atoms with van der Waals surface area (Å²) in [6, 6.07) is 4.34. The molecule has 1 aromatic rings. The maximum absolute atomic E-state index is 13.6. The molecular formula is C15H22F2N2O. The molecule has 0 amide bonds. The minimum absolute atomic E-state index is 0.150. The van der Waals surface area contributed by atoms with Gasteiger partial charge in [-0.15, -0.1) is 0 Å². The molecule has 1 saturated heterocycles. The van der Waals surface area contributed by atoms with Crippen molar-refractivity contribution in [2.75, 3.05) is 33.7 Å². The number of benzene rings is 1. The van der Waals surface area contributed by atoms with Crippen LogP contribution in [0.4, 0.5) is 8.78 Å². The van der Waals surface area contributed by atoms with Crippen LogP contribution in [0.5, 0.6) is 0 Å². The molecule has 1 heterocycles. The van der Waals surface area contributed by atoms with Crippen molar-refractivity contribution >= 4 is 0 Å². The summed E-state index contributed by atoms with van der Waals surface area (Å²) in [5, 5.41) is 10.1. The van der Waals surface area contributed by atoms with Crippen molar-refractivity contribution in [3.63, 3.8) is 0 Å². The predicted octanol–water partition coefficient (Wildman–Crippen LogP) is 1.50. The molecule has 1 aromatic carbocycles. The molecular weight excluding hydrogens is 262 g/mol. The minimum atomic E-state index is -0.857. The van der Waals surface area contributed by atoms with Crippen LogP contribution < -0.4 is 0 Å². The van der Waals surface area contributed by atoms with Crippen LogP contribution in [0.1, 0.15) is 12.0 Å². The Morgan fingerprint density at radius 2 is 2.05 bits per heavy atom. The molecule has 2 atom stereocenters. The SMILES string of the molecule is CN1CCN(C)C(CC(O)Cc2cccc(F)c2F)C1. The van der Waals surface area contributed by atoms with Gasteiger partial charge in [0.25, 0.3) is 0 Å². The van der Waals surface area contributed by atoms with E-state index in [1.165, 1.54) is 12.1 Å². The third-order valence-electron chi connectivity index (χ3n) is 4.01. The molecule has 3 nitrogen and oxygen atoms in total. The van der Waals surface area contributed by atoms with Crippen LogP contribution in [0.15, 0.2) is 18.2 Å². The lowest BCUT2D eigenvalue weighted by molar-refractivity contribution is 0.0635. The maximum Gasteiger partial charge on any atom is 0.162 e. The van der Waals surface area contributed by atoms with Gasteiger partial charge in [0.15, 0.2) is 11.6 Å². The summed E-state index contributed by atoms with van der Waals surface area (Å²) in [7, 11) is 4.09. The molecule has 112 valence electrons. The van der Waals surface area contributed by atoms with Gasteiger partial charge < -0.3 is 14.9 Å². The van der Waals surface area contributed by atoms with Crippen LogP contribution in [0, 0.1) is 11.6 Å². The highest BCUT2D eigenvalue weighted by molar-refractivity contribution is 5.19. The molecule has 1 N–H and O–H groups in total. The minimum Gasteiger partial charge on any atom is -0.393 e. The van der Waals surface area contributed by atoms with E-state index < -0.39 is 17.7 Å². The largest absolute Gasteiger partial charge is 0.393 e. The van der Waals surface area contributed by atoms with Gasteiger partial charge in [-0.25, -0.2) is 8.78 Å². The van der Waals surface area contributed by atoms with E-state index in [1.54, 1.807) is 0 Å². The van der Waals surface area contributed by atoms with Crippen LogP contribution >= 0.6 is 0 Å². The molecule has 1 fully saturated rings. The zero-order chi connectivity index (χ0) is 14.7. The number of likely N-dealkylation sites (N-methyl/N-ethyl adjacent to an activating group) is 2.